The van der Waals surface area contributed by atoms with E-state index in [4.69, 9.17) is 9.47 Å². The van der Waals surface area contributed by atoms with Crippen LogP contribution in [0.5, 0.6) is 11.5 Å². The van der Waals surface area contributed by atoms with Gasteiger partial charge in [0.05, 0.1) is 6.54 Å². The molecule has 2 rings (SSSR count). The predicted octanol–water partition coefficient (Wildman–Crippen LogP) is 3.62. The van der Waals surface area contributed by atoms with Crippen molar-refractivity contribution in [3.63, 3.8) is 0 Å². The molecule has 0 saturated heterocycles. The number of halogens is 1. The average molecular weight is 406 g/mol. The minimum Gasteiger partial charge on any atom is -0.492 e. The van der Waals surface area contributed by atoms with E-state index in [1.807, 2.05) is 31.2 Å². The van der Waals surface area contributed by atoms with Gasteiger partial charge >= 0.3 is 0 Å². The molecule has 0 saturated carbocycles. The highest BCUT2D eigenvalue weighted by atomic mass is 79.9. The van der Waals surface area contributed by atoms with Gasteiger partial charge in [0.25, 0.3) is 5.91 Å². The molecular weight excluding hydrogens is 386 g/mol. The third-order valence-electron chi connectivity index (χ3n) is 3.36. The van der Waals surface area contributed by atoms with Crippen molar-refractivity contribution >= 4 is 27.6 Å². The highest BCUT2D eigenvalue weighted by Gasteiger charge is 2.05. The number of hydrogen-bond donors (Lipinski definition) is 1. The van der Waals surface area contributed by atoms with Crippen molar-refractivity contribution in [1.82, 2.24) is 5.32 Å². The molecule has 0 aliphatic heterocycles. The van der Waals surface area contributed by atoms with Gasteiger partial charge < -0.3 is 14.8 Å². The van der Waals surface area contributed by atoms with Gasteiger partial charge in [-0.25, -0.2) is 0 Å². The molecule has 0 aromatic heterocycles. The zero-order chi connectivity index (χ0) is 18.1. The lowest BCUT2D eigenvalue weighted by molar-refractivity contribution is -0.123. The second kappa shape index (κ2) is 9.84. The van der Waals surface area contributed by atoms with E-state index in [1.54, 1.807) is 24.3 Å². The lowest BCUT2D eigenvalue weighted by atomic mass is 10.1. The molecule has 0 bridgehead atoms. The normalized spacial score (nSPS) is 10.2. The van der Waals surface area contributed by atoms with Crippen LogP contribution in [0.1, 0.15) is 23.7 Å². The lowest BCUT2D eigenvalue weighted by Gasteiger charge is -2.09. The number of benzene rings is 2. The van der Waals surface area contributed by atoms with E-state index in [9.17, 15) is 9.59 Å². The summed E-state index contributed by atoms with van der Waals surface area (Å²) in [6.07, 6.45) is 0.463. The molecule has 1 N–H and O–H groups in total. The summed E-state index contributed by atoms with van der Waals surface area (Å²) >= 11 is 3.37. The van der Waals surface area contributed by atoms with E-state index in [0.29, 0.717) is 30.9 Å². The van der Waals surface area contributed by atoms with Crippen molar-refractivity contribution in [2.45, 2.75) is 13.3 Å². The number of carbonyl (C=O) groups excluding carboxylic acids is 2. The number of amides is 1. The fourth-order valence-corrected chi connectivity index (χ4v) is 2.44. The van der Waals surface area contributed by atoms with Crippen LogP contribution < -0.4 is 14.8 Å². The van der Waals surface area contributed by atoms with Gasteiger partial charge in [-0.05, 0) is 42.5 Å². The zero-order valence-corrected chi connectivity index (χ0v) is 15.5. The first-order valence-corrected chi connectivity index (χ1v) is 8.79. The van der Waals surface area contributed by atoms with Gasteiger partial charge in [-0.2, -0.15) is 0 Å². The van der Waals surface area contributed by atoms with Gasteiger partial charge in [0, 0.05) is 16.5 Å². The second-order valence-corrected chi connectivity index (χ2v) is 6.16. The summed E-state index contributed by atoms with van der Waals surface area (Å²) in [5.41, 5.74) is 0.643. The molecular formula is C19H20BrNO4. The molecule has 2 aromatic carbocycles. The first kappa shape index (κ1) is 19.0. The Kier molecular flexibility index (Phi) is 7.47. The van der Waals surface area contributed by atoms with Crippen molar-refractivity contribution < 1.29 is 19.1 Å². The SMILES string of the molecule is CCC(=O)c1ccc(OCC(=O)NCCOc2cccc(Br)c2)cc1. The molecule has 1 amide bonds. The molecule has 0 fully saturated rings. The molecule has 5 nitrogen and oxygen atoms in total. The molecule has 25 heavy (non-hydrogen) atoms. The predicted molar refractivity (Wildman–Crippen MR) is 99.2 cm³/mol. The summed E-state index contributed by atoms with van der Waals surface area (Å²) in [5.74, 6) is 1.14. The van der Waals surface area contributed by atoms with Gasteiger partial charge in [-0.3, -0.25) is 9.59 Å². The number of ether oxygens (including phenoxy) is 2. The molecule has 0 unspecified atom stereocenters. The maximum atomic E-state index is 11.8. The van der Waals surface area contributed by atoms with E-state index in [2.05, 4.69) is 21.2 Å². The highest BCUT2D eigenvalue weighted by molar-refractivity contribution is 9.10. The maximum Gasteiger partial charge on any atom is 0.258 e. The van der Waals surface area contributed by atoms with Crippen molar-refractivity contribution in [3.8, 4) is 11.5 Å². The Morgan fingerprint density at radius 2 is 1.80 bits per heavy atom. The van der Waals surface area contributed by atoms with Crippen molar-refractivity contribution in [2.75, 3.05) is 19.8 Å². The summed E-state index contributed by atoms with van der Waals surface area (Å²) < 4.78 is 11.9. The highest BCUT2D eigenvalue weighted by Crippen LogP contribution is 2.17. The number of Topliss-reactive ketones (excluding diaryl/α,β-unsaturated/α-hetero) is 1. The summed E-state index contributed by atoms with van der Waals surface area (Å²) in [6, 6.07) is 14.3. The Hall–Kier alpha value is -2.34. The Bertz CT molecular complexity index is 716. The summed E-state index contributed by atoms with van der Waals surface area (Å²) in [6.45, 7) is 2.49. The van der Waals surface area contributed by atoms with Gasteiger partial charge in [-0.1, -0.05) is 28.9 Å². The largest absolute Gasteiger partial charge is 0.492 e. The third-order valence-corrected chi connectivity index (χ3v) is 3.85. The van der Waals surface area contributed by atoms with Crippen LogP contribution in [0.15, 0.2) is 53.0 Å². The maximum absolute atomic E-state index is 11.8. The number of carbonyl (C=O) groups is 2. The number of ketones is 1. The summed E-state index contributed by atoms with van der Waals surface area (Å²) in [4.78, 5) is 23.3. The van der Waals surface area contributed by atoms with Gasteiger partial charge in [0.15, 0.2) is 12.4 Å². The smallest absolute Gasteiger partial charge is 0.258 e. The van der Waals surface area contributed by atoms with Gasteiger partial charge in [0.1, 0.15) is 18.1 Å². The Morgan fingerprint density at radius 3 is 2.48 bits per heavy atom. The van der Waals surface area contributed by atoms with Crippen LogP contribution in [-0.2, 0) is 4.79 Å². The Balaban J connectivity index is 1.66. The van der Waals surface area contributed by atoms with E-state index in [-0.39, 0.29) is 18.3 Å². The third kappa shape index (κ3) is 6.58. The average Bonchev–Trinajstić information content (AvgIpc) is 2.63. The molecule has 0 heterocycles. The Morgan fingerprint density at radius 1 is 1.04 bits per heavy atom. The van der Waals surface area contributed by atoms with Gasteiger partial charge in [-0.15, -0.1) is 0 Å². The van der Waals surface area contributed by atoms with Crippen LogP contribution in [0.2, 0.25) is 0 Å². The first-order chi connectivity index (χ1) is 12.1. The molecule has 0 spiro atoms. The molecule has 132 valence electrons. The van der Waals surface area contributed by atoms with E-state index >= 15 is 0 Å². The van der Waals surface area contributed by atoms with Crippen LogP contribution in [0.4, 0.5) is 0 Å². The van der Waals surface area contributed by atoms with Gasteiger partial charge in [0.2, 0.25) is 0 Å². The molecule has 0 aliphatic rings. The topological polar surface area (TPSA) is 64.6 Å². The zero-order valence-electron chi connectivity index (χ0n) is 14.0. The summed E-state index contributed by atoms with van der Waals surface area (Å²) in [7, 11) is 0. The van der Waals surface area contributed by atoms with Crippen LogP contribution in [0.3, 0.4) is 0 Å². The fraction of sp³-hybridized carbons (Fsp3) is 0.263. The molecule has 6 heteroatoms. The first-order valence-electron chi connectivity index (χ1n) is 7.99. The molecule has 0 aliphatic carbocycles. The number of nitrogens with one attached hydrogen (secondary N) is 1. The van der Waals surface area contributed by atoms with E-state index in [0.717, 1.165) is 10.2 Å². The standard InChI is InChI=1S/C19H20BrNO4/c1-2-18(22)14-6-8-16(9-7-14)25-13-19(23)21-10-11-24-17-5-3-4-15(20)12-17/h3-9,12H,2,10-11,13H2,1H3,(H,21,23). The fourth-order valence-electron chi connectivity index (χ4n) is 2.06. The number of rotatable bonds is 9. The van der Waals surface area contributed by atoms with E-state index < -0.39 is 0 Å². The second-order valence-electron chi connectivity index (χ2n) is 5.25. The number of hydrogen-bond acceptors (Lipinski definition) is 4. The van der Waals surface area contributed by atoms with Crippen molar-refractivity contribution in [2.24, 2.45) is 0 Å². The summed E-state index contributed by atoms with van der Waals surface area (Å²) in [5, 5.41) is 2.72. The van der Waals surface area contributed by atoms with Crippen molar-refractivity contribution in [3.05, 3.63) is 58.6 Å². The van der Waals surface area contributed by atoms with Crippen molar-refractivity contribution in [1.29, 1.82) is 0 Å². The van der Waals surface area contributed by atoms with Crippen LogP contribution in [0, 0.1) is 0 Å². The lowest BCUT2D eigenvalue weighted by Crippen LogP contribution is -2.32. The molecule has 2 aromatic rings. The quantitative estimate of drug-likeness (QED) is 0.511. The van der Waals surface area contributed by atoms with Crippen LogP contribution in [0.25, 0.3) is 0 Å². The Labute approximate surface area is 155 Å². The minimum absolute atomic E-state index is 0.0785. The van der Waals surface area contributed by atoms with E-state index in [1.165, 1.54) is 0 Å². The monoisotopic (exact) mass is 405 g/mol. The van der Waals surface area contributed by atoms with Crippen LogP contribution >= 0.6 is 15.9 Å². The molecule has 0 radical (unpaired) electrons. The minimum atomic E-state index is -0.230. The van der Waals surface area contributed by atoms with Crippen LogP contribution in [-0.4, -0.2) is 31.4 Å². The molecule has 0 atom stereocenters.